The molecule has 1 atom stereocenters. The number of hydrogen-bond acceptors (Lipinski definition) is 3. The Balaban J connectivity index is 1.94. The smallest absolute Gasteiger partial charge is 0.335 e. The van der Waals surface area contributed by atoms with Crippen molar-refractivity contribution in [2.24, 2.45) is 0 Å². The highest BCUT2D eigenvalue weighted by molar-refractivity contribution is 8.03. The molecule has 1 unspecified atom stereocenters. The topological polar surface area (TPSA) is 26.3 Å². The van der Waals surface area contributed by atoms with Crippen LogP contribution in [0.1, 0.15) is 18.6 Å². The van der Waals surface area contributed by atoms with E-state index in [-0.39, 0.29) is 12.1 Å². The fraction of sp³-hybridized carbons (Fsp3) is 0.118. The van der Waals surface area contributed by atoms with Gasteiger partial charge in [-0.05, 0) is 24.6 Å². The number of carbonyl (C=O) groups excluding carboxylic acids is 1. The highest BCUT2D eigenvalue weighted by Crippen LogP contribution is 2.44. The van der Waals surface area contributed by atoms with Crippen molar-refractivity contribution in [2.45, 2.75) is 17.9 Å². The summed E-state index contributed by atoms with van der Waals surface area (Å²) in [5.41, 5.74) is 1.71. The Bertz CT molecular complexity index is 647. The van der Waals surface area contributed by atoms with Gasteiger partial charge in [0.25, 0.3) is 0 Å². The van der Waals surface area contributed by atoms with Crippen molar-refractivity contribution in [2.75, 3.05) is 0 Å². The highest BCUT2D eigenvalue weighted by Gasteiger charge is 2.33. The molecule has 0 radical (unpaired) electrons. The summed E-state index contributed by atoms with van der Waals surface area (Å²) in [5.74, 6) is -0.225. The molecule has 0 saturated heterocycles. The maximum Gasteiger partial charge on any atom is 0.335 e. The van der Waals surface area contributed by atoms with Crippen LogP contribution in [0.25, 0.3) is 0 Å². The summed E-state index contributed by atoms with van der Waals surface area (Å²) in [6, 6.07) is 19.9. The lowest BCUT2D eigenvalue weighted by molar-refractivity contribution is -0.139. The summed E-state index contributed by atoms with van der Waals surface area (Å²) in [6.45, 7) is 1.83. The van der Waals surface area contributed by atoms with E-state index in [1.54, 1.807) is 11.8 Å². The highest BCUT2D eigenvalue weighted by atomic mass is 32.2. The minimum absolute atomic E-state index is 0.225. The van der Waals surface area contributed by atoms with Gasteiger partial charge in [-0.15, -0.1) is 0 Å². The first-order valence-corrected chi connectivity index (χ1v) is 7.27. The monoisotopic (exact) mass is 282 g/mol. The maximum absolute atomic E-state index is 11.9. The quantitative estimate of drug-likeness (QED) is 0.783. The van der Waals surface area contributed by atoms with Gasteiger partial charge in [0.15, 0.2) is 6.10 Å². The molecule has 2 aromatic rings. The predicted molar refractivity (Wildman–Crippen MR) is 80.3 cm³/mol. The normalized spacial score (nSPS) is 18.2. The molecule has 0 saturated carbocycles. The molecule has 0 bridgehead atoms. The second-order valence-electron chi connectivity index (χ2n) is 4.60. The summed E-state index contributed by atoms with van der Waals surface area (Å²) < 4.78 is 5.51. The Kier molecular flexibility index (Phi) is 3.61. The van der Waals surface area contributed by atoms with Crippen LogP contribution < -0.4 is 0 Å². The van der Waals surface area contributed by atoms with Crippen LogP contribution in [0.4, 0.5) is 0 Å². The van der Waals surface area contributed by atoms with Gasteiger partial charge < -0.3 is 4.74 Å². The first-order chi connectivity index (χ1) is 9.75. The number of cyclic esters (lactones) is 1. The maximum atomic E-state index is 11.9. The molecule has 1 aliphatic rings. The van der Waals surface area contributed by atoms with Crippen molar-refractivity contribution in [1.29, 1.82) is 0 Å². The van der Waals surface area contributed by atoms with Crippen LogP contribution in [0, 0.1) is 0 Å². The zero-order valence-corrected chi connectivity index (χ0v) is 11.9. The number of carbonyl (C=O) groups is 1. The largest absolute Gasteiger partial charge is 0.449 e. The van der Waals surface area contributed by atoms with Gasteiger partial charge in [-0.1, -0.05) is 60.3 Å². The fourth-order valence-corrected chi connectivity index (χ4v) is 3.21. The van der Waals surface area contributed by atoms with Crippen LogP contribution >= 0.6 is 11.8 Å². The second-order valence-corrected chi connectivity index (χ2v) is 5.72. The molecule has 0 aromatic heterocycles. The van der Waals surface area contributed by atoms with E-state index in [1.165, 1.54) is 0 Å². The molecule has 0 aliphatic carbocycles. The van der Waals surface area contributed by atoms with Crippen molar-refractivity contribution in [3.8, 4) is 0 Å². The van der Waals surface area contributed by atoms with Gasteiger partial charge in [-0.2, -0.15) is 0 Å². The van der Waals surface area contributed by atoms with Gasteiger partial charge in [0.2, 0.25) is 0 Å². The third-order valence-corrected chi connectivity index (χ3v) is 4.46. The van der Waals surface area contributed by atoms with E-state index in [2.05, 4.69) is 0 Å². The standard InChI is InChI=1S/C17H14O2S/c1-12-16(20-14-10-6-3-7-11-14)15(19-17(12)18)13-8-4-2-5-9-13/h2-11,15H,1H3. The summed E-state index contributed by atoms with van der Waals surface area (Å²) in [5, 5.41) is 0. The predicted octanol–water partition coefficient (Wildman–Crippen LogP) is 4.35. The van der Waals surface area contributed by atoms with E-state index in [0.29, 0.717) is 5.57 Å². The number of ether oxygens (including phenoxy) is 1. The van der Waals surface area contributed by atoms with E-state index >= 15 is 0 Å². The zero-order chi connectivity index (χ0) is 13.9. The summed E-state index contributed by atoms with van der Waals surface area (Å²) in [6.07, 6.45) is -0.283. The number of esters is 1. The molecule has 20 heavy (non-hydrogen) atoms. The lowest BCUT2D eigenvalue weighted by Gasteiger charge is -2.14. The van der Waals surface area contributed by atoms with E-state index < -0.39 is 0 Å². The van der Waals surface area contributed by atoms with Gasteiger partial charge in [0, 0.05) is 15.4 Å². The van der Waals surface area contributed by atoms with Crippen LogP contribution in [0.5, 0.6) is 0 Å². The van der Waals surface area contributed by atoms with Gasteiger partial charge in [0.1, 0.15) is 0 Å². The number of rotatable bonds is 3. The SMILES string of the molecule is CC1=C(Sc2ccccc2)C(c2ccccc2)OC1=O. The lowest BCUT2D eigenvalue weighted by atomic mass is 10.1. The molecule has 0 amide bonds. The molecule has 1 aliphatic heterocycles. The first kappa shape index (κ1) is 13.0. The van der Waals surface area contributed by atoms with Crippen molar-refractivity contribution >= 4 is 17.7 Å². The first-order valence-electron chi connectivity index (χ1n) is 6.45. The van der Waals surface area contributed by atoms with E-state index in [4.69, 9.17) is 4.74 Å². The molecule has 1 heterocycles. The molecule has 100 valence electrons. The number of hydrogen-bond donors (Lipinski definition) is 0. The number of thioether (sulfide) groups is 1. The van der Waals surface area contributed by atoms with Gasteiger partial charge in [-0.25, -0.2) is 4.79 Å². The van der Waals surface area contributed by atoms with Crippen LogP contribution in [0.15, 0.2) is 76.0 Å². The second kappa shape index (κ2) is 5.55. The third kappa shape index (κ3) is 2.49. The summed E-state index contributed by atoms with van der Waals surface area (Å²) in [7, 11) is 0. The lowest BCUT2D eigenvalue weighted by Crippen LogP contribution is -2.02. The fourth-order valence-electron chi connectivity index (χ4n) is 2.14. The van der Waals surface area contributed by atoms with Crippen molar-refractivity contribution in [3.63, 3.8) is 0 Å². The van der Waals surface area contributed by atoms with Crippen LogP contribution in [0.2, 0.25) is 0 Å². The molecule has 2 nitrogen and oxygen atoms in total. The molecule has 0 fully saturated rings. The van der Waals surface area contributed by atoms with Gasteiger partial charge in [-0.3, -0.25) is 0 Å². The molecular weight excluding hydrogens is 268 g/mol. The Morgan fingerprint density at radius 1 is 0.950 bits per heavy atom. The molecular formula is C17H14O2S. The van der Waals surface area contributed by atoms with Crippen LogP contribution in [-0.4, -0.2) is 5.97 Å². The Hall–Kier alpha value is -2.00. The molecule has 0 N–H and O–H groups in total. The molecule has 0 spiro atoms. The van der Waals surface area contributed by atoms with Crippen LogP contribution in [-0.2, 0) is 9.53 Å². The van der Waals surface area contributed by atoms with E-state index in [9.17, 15) is 4.79 Å². The Labute approximate surface area is 122 Å². The van der Waals surface area contributed by atoms with E-state index in [0.717, 1.165) is 15.4 Å². The van der Waals surface area contributed by atoms with Gasteiger partial charge >= 0.3 is 5.97 Å². The Morgan fingerprint density at radius 2 is 1.55 bits per heavy atom. The van der Waals surface area contributed by atoms with Crippen molar-refractivity contribution in [1.82, 2.24) is 0 Å². The molecule has 3 heteroatoms. The molecule has 3 rings (SSSR count). The van der Waals surface area contributed by atoms with Crippen molar-refractivity contribution in [3.05, 3.63) is 76.7 Å². The average molecular weight is 282 g/mol. The van der Waals surface area contributed by atoms with Gasteiger partial charge in [0.05, 0.1) is 0 Å². The Morgan fingerprint density at radius 3 is 2.20 bits per heavy atom. The third-order valence-electron chi connectivity index (χ3n) is 3.21. The number of benzene rings is 2. The van der Waals surface area contributed by atoms with Crippen LogP contribution in [0.3, 0.4) is 0 Å². The minimum Gasteiger partial charge on any atom is -0.449 e. The average Bonchev–Trinajstić information content (AvgIpc) is 2.78. The summed E-state index contributed by atoms with van der Waals surface area (Å²) >= 11 is 1.60. The zero-order valence-electron chi connectivity index (χ0n) is 11.1. The van der Waals surface area contributed by atoms with Crippen molar-refractivity contribution < 1.29 is 9.53 Å². The van der Waals surface area contributed by atoms with E-state index in [1.807, 2.05) is 67.6 Å². The molecule has 2 aromatic carbocycles. The minimum atomic E-state index is -0.283. The summed E-state index contributed by atoms with van der Waals surface area (Å²) in [4.78, 5) is 14.0.